The lowest BCUT2D eigenvalue weighted by Gasteiger charge is -2.40. The van der Waals surface area contributed by atoms with Gasteiger partial charge in [-0.3, -0.25) is 4.79 Å². The zero-order valence-electron chi connectivity index (χ0n) is 17.6. The first kappa shape index (κ1) is 23.8. The molecule has 8 heteroatoms. The second kappa shape index (κ2) is 9.32. The van der Waals surface area contributed by atoms with Crippen molar-refractivity contribution in [2.45, 2.75) is 59.2 Å². The van der Waals surface area contributed by atoms with Crippen molar-refractivity contribution < 1.29 is 23.4 Å². The van der Waals surface area contributed by atoms with Crippen molar-refractivity contribution in [3.8, 4) is 0 Å². The number of halogens is 2. The zero-order valence-corrected chi connectivity index (χ0v) is 17.6. The molecule has 0 aliphatic heterocycles. The average molecular weight is 394 g/mol. The quantitative estimate of drug-likeness (QED) is 0.334. The first-order valence-electron chi connectivity index (χ1n) is 9.26. The van der Waals surface area contributed by atoms with Gasteiger partial charge in [-0.15, -0.1) is 0 Å². The minimum absolute atomic E-state index is 0.159. The van der Waals surface area contributed by atoms with Gasteiger partial charge in [0.15, 0.2) is 17.3 Å². The molecule has 1 aromatic carbocycles. The number of rotatable bonds is 7. The summed E-state index contributed by atoms with van der Waals surface area (Å²) in [4.78, 5) is 17.4. The van der Waals surface area contributed by atoms with Crippen molar-refractivity contribution in [1.29, 1.82) is 0 Å². The number of aliphatic hydroxyl groups is 1. The summed E-state index contributed by atoms with van der Waals surface area (Å²) in [6.07, 6.45) is 2.38. The molecule has 1 amide bonds. The van der Waals surface area contributed by atoms with Crippen LogP contribution in [0.3, 0.4) is 0 Å². The number of hydrogen-bond donors (Lipinski definition) is 1. The largest absolute Gasteiger partial charge is 0.450 e. The van der Waals surface area contributed by atoms with Crippen LogP contribution >= 0.6 is 0 Å². The Hall–Kier alpha value is -2.22. The highest BCUT2D eigenvalue weighted by Crippen LogP contribution is 2.26. The summed E-state index contributed by atoms with van der Waals surface area (Å²) in [6.45, 7) is 12.0. The molecule has 0 saturated carbocycles. The molecule has 1 atom stereocenters. The first-order valence-corrected chi connectivity index (χ1v) is 9.26. The van der Waals surface area contributed by atoms with E-state index in [2.05, 4.69) is 30.7 Å². The van der Waals surface area contributed by atoms with Crippen LogP contribution in [-0.4, -0.2) is 41.7 Å². The minimum atomic E-state index is -2.23. The van der Waals surface area contributed by atoms with Crippen LogP contribution in [0.1, 0.15) is 53.5 Å². The van der Waals surface area contributed by atoms with Gasteiger partial charge in [0.1, 0.15) is 0 Å². The fraction of sp³-hybridized carbons (Fsp3) is 0.500. The average Bonchev–Trinajstić information content (AvgIpc) is 2.56. The molecule has 0 aromatic heterocycles. The molecule has 1 aromatic rings. The summed E-state index contributed by atoms with van der Waals surface area (Å²) in [7, 11) is 1.16. The number of benzene rings is 1. The number of carbonyl (C=O) groups is 1. The van der Waals surface area contributed by atoms with Gasteiger partial charge in [0.25, 0.3) is 0 Å². The molecule has 1 N–H and O–H groups in total. The van der Waals surface area contributed by atoms with Gasteiger partial charge in [-0.25, -0.2) is 8.78 Å². The van der Waals surface area contributed by atoms with E-state index in [9.17, 15) is 18.7 Å². The van der Waals surface area contributed by atoms with E-state index in [1.54, 1.807) is 0 Å². The molecule has 0 bridgehead atoms. The standard InChI is InChI=1S/C20H29BF2N2O3/c1-7-19(5,6)25(8-2)13(3)12-17(24-14(4)26)28-20(21,27)15-10-9-11-16(22)18(15)23/h9-12,27H,7-8,21H2,1-6H3/b13-12+,24-17+. The van der Waals surface area contributed by atoms with E-state index in [0.717, 1.165) is 26.0 Å². The van der Waals surface area contributed by atoms with E-state index >= 15 is 0 Å². The van der Waals surface area contributed by atoms with Crippen molar-refractivity contribution >= 4 is 19.7 Å². The topological polar surface area (TPSA) is 62.1 Å². The zero-order chi connectivity index (χ0) is 21.7. The van der Waals surface area contributed by atoms with Gasteiger partial charge >= 0.3 is 0 Å². The Morgan fingerprint density at radius 3 is 2.43 bits per heavy atom. The number of hydrogen-bond acceptors (Lipinski definition) is 4. The van der Waals surface area contributed by atoms with Crippen LogP contribution in [0.5, 0.6) is 0 Å². The van der Waals surface area contributed by atoms with Crippen molar-refractivity contribution in [1.82, 2.24) is 4.90 Å². The third kappa shape index (κ3) is 5.89. The summed E-state index contributed by atoms with van der Waals surface area (Å²) >= 11 is 0. The Morgan fingerprint density at radius 1 is 1.32 bits per heavy atom. The second-order valence-corrected chi connectivity index (χ2v) is 7.35. The molecule has 0 aliphatic carbocycles. The van der Waals surface area contributed by atoms with Gasteiger partial charge < -0.3 is 14.7 Å². The van der Waals surface area contributed by atoms with Gasteiger partial charge in [0.05, 0.1) is 5.56 Å². The maximum atomic E-state index is 14.1. The number of allylic oxidation sites excluding steroid dienone is 1. The van der Waals surface area contributed by atoms with Crippen molar-refractivity contribution in [3.05, 3.63) is 47.2 Å². The van der Waals surface area contributed by atoms with E-state index in [-0.39, 0.29) is 11.4 Å². The molecule has 0 radical (unpaired) electrons. The Bertz CT molecular complexity index is 777. The molecule has 0 spiro atoms. The molecule has 0 fully saturated rings. The van der Waals surface area contributed by atoms with E-state index in [0.29, 0.717) is 6.54 Å². The SMILES string of the molecule is BC(O)(OC(/C=C(\C)N(CC)C(C)(C)CC)=N/C(C)=O)c1cccc(F)c1F. The minimum Gasteiger partial charge on any atom is -0.450 e. The highest BCUT2D eigenvalue weighted by molar-refractivity contribution is 6.15. The Balaban J connectivity index is 3.33. The molecular weight excluding hydrogens is 365 g/mol. The van der Waals surface area contributed by atoms with E-state index in [1.807, 2.05) is 13.8 Å². The van der Waals surface area contributed by atoms with Crippen molar-refractivity contribution in [2.75, 3.05) is 6.54 Å². The third-order valence-corrected chi connectivity index (χ3v) is 4.69. The number of amides is 1. The van der Waals surface area contributed by atoms with Crippen LogP contribution in [0, 0.1) is 11.6 Å². The van der Waals surface area contributed by atoms with Crippen LogP contribution < -0.4 is 0 Å². The fourth-order valence-corrected chi connectivity index (χ4v) is 2.96. The summed E-state index contributed by atoms with van der Waals surface area (Å²) in [5.74, 6) is -3.07. The Morgan fingerprint density at radius 2 is 1.93 bits per heavy atom. The molecular formula is C20H29BF2N2O3. The number of carbonyl (C=O) groups excluding carboxylic acids is 1. The number of nitrogens with zero attached hydrogens (tertiary/aromatic N) is 2. The normalized spacial score (nSPS) is 15.2. The van der Waals surface area contributed by atoms with Gasteiger partial charge in [0, 0.05) is 30.8 Å². The predicted molar refractivity (Wildman–Crippen MR) is 109 cm³/mol. The van der Waals surface area contributed by atoms with Gasteiger partial charge in [-0.1, -0.05) is 19.1 Å². The lowest BCUT2D eigenvalue weighted by molar-refractivity contribution is -0.116. The fourth-order valence-electron chi connectivity index (χ4n) is 2.96. The second-order valence-electron chi connectivity index (χ2n) is 7.35. The van der Waals surface area contributed by atoms with Crippen LogP contribution in [0.4, 0.5) is 8.78 Å². The predicted octanol–water partition coefficient (Wildman–Crippen LogP) is 3.08. The highest BCUT2D eigenvalue weighted by atomic mass is 19.2. The first-order chi connectivity index (χ1) is 12.9. The molecule has 0 saturated heterocycles. The van der Waals surface area contributed by atoms with Gasteiger partial charge in [-0.2, -0.15) is 4.99 Å². The molecule has 1 rings (SSSR count). The lowest BCUT2D eigenvalue weighted by Crippen LogP contribution is -2.42. The Kier molecular flexibility index (Phi) is 7.93. The van der Waals surface area contributed by atoms with Gasteiger partial charge in [-0.05, 0) is 40.2 Å². The summed E-state index contributed by atoms with van der Waals surface area (Å²) in [6, 6.07) is 3.41. The monoisotopic (exact) mass is 394 g/mol. The van der Waals surface area contributed by atoms with Crippen LogP contribution in [0.15, 0.2) is 35.0 Å². The smallest absolute Gasteiger partial charge is 0.245 e. The highest BCUT2D eigenvalue weighted by Gasteiger charge is 2.31. The molecule has 0 aliphatic rings. The van der Waals surface area contributed by atoms with Gasteiger partial charge in [0.2, 0.25) is 19.7 Å². The summed E-state index contributed by atoms with van der Waals surface area (Å²) in [5, 5.41) is 10.6. The number of ether oxygens (including phenoxy) is 1. The van der Waals surface area contributed by atoms with Crippen molar-refractivity contribution in [2.24, 2.45) is 4.99 Å². The molecule has 5 nitrogen and oxygen atoms in total. The molecule has 154 valence electrons. The Labute approximate surface area is 166 Å². The van der Waals surface area contributed by atoms with Crippen molar-refractivity contribution in [3.63, 3.8) is 0 Å². The third-order valence-electron chi connectivity index (χ3n) is 4.69. The number of aliphatic imine (C=N–C) groups is 1. The van der Waals surface area contributed by atoms with E-state index < -0.39 is 28.8 Å². The lowest BCUT2D eigenvalue weighted by atomic mass is 9.86. The maximum absolute atomic E-state index is 14.1. The van der Waals surface area contributed by atoms with Crippen LogP contribution in [0.2, 0.25) is 0 Å². The molecule has 28 heavy (non-hydrogen) atoms. The summed E-state index contributed by atoms with van der Waals surface area (Å²) in [5.41, 5.74) is -2.02. The molecule has 0 heterocycles. The van der Waals surface area contributed by atoms with E-state index in [4.69, 9.17) is 4.74 Å². The van der Waals surface area contributed by atoms with Crippen LogP contribution in [0.25, 0.3) is 0 Å². The maximum Gasteiger partial charge on any atom is 0.245 e. The molecule has 1 unspecified atom stereocenters. The van der Waals surface area contributed by atoms with E-state index in [1.165, 1.54) is 25.1 Å². The van der Waals surface area contributed by atoms with Crippen LogP contribution in [-0.2, 0) is 15.2 Å². The summed E-state index contributed by atoms with van der Waals surface area (Å²) < 4.78 is 33.1.